The number of hydrogen-bond donors (Lipinski definition) is 0. The molecule has 4 rings (SSSR count). The van der Waals surface area contributed by atoms with E-state index >= 15 is 0 Å². The third kappa shape index (κ3) is 3.07. The first-order valence-electron chi connectivity index (χ1n) is 8.60. The normalized spacial score (nSPS) is 15.6. The maximum atomic E-state index is 13.5. The van der Waals surface area contributed by atoms with Crippen molar-refractivity contribution in [1.29, 1.82) is 0 Å². The van der Waals surface area contributed by atoms with Gasteiger partial charge in [-0.3, -0.25) is 9.20 Å². The maximum absolute atomic E-state index is 13.5. The first-order valence-corrected chi connectivity index (χ1v) is 8.60. The van der Waals surface area contributed by atoms with Gasteiger partial charge in [-0.1, -0.05) is 12.1 Å². The Hall–Kier alpha value is -2.53. The highest BCUT2D eigenvalue weighted by Crippen LogP contribution is 2.22. The van der Waals surface area contributed by atoms with Gasteiger partial charge in [0.1, 0.15) is 11.5 Å². The minimum Gasteiger partial charge on any atom is -0.302 e. The molecule has 2 aromatic heterocycles. The zero-order valence-corrected chi connectivity index (χ0v) is 14.2. The molecule has 1 aliphatic heterocycles. The maximum Gasteiger partial charge on any atom is 0.262 e. The predicted molar refractivity (Wildman–Crippen MR) is 96.1 cm³/mol. The van der Waals surface area contributed by atoms with Gasteiger partial charge in [0.2, 0.25) is 0 Å². The molecule has 3 aromatic rings. The van der Waals surface area contributed by atoms with E-state index in [1.165, 1.54) is 12.1 Å². The summed E-state index contributed by atoms with van der Waals surface area (Å²) in [6.07, 6.45) is 4.72. The van der Waals surface area contributed by atoms with Crippen molar-refractivity contribution in [3.05, 3.63) is 70.0 Å². The highest BCUT2D eigenvalue weighted by Gasteiger charge is 2.17. The monoisotopic (exact) mass is 337 g/mol. The highest BCUT2D eigenvalue weighted by molar-refractivity contribution is 5.67. The first-order chi connectivity index (χ1) is 12.1. The molecule has 4 nitrogen and oxygen atoms in total. The molecule has 3 heterocycles. The van der Waals surface area contributed by atoms with Crippen LogP contribution in [0.3, 0.4) is 0 Å². The number of hydrogen-bond acceptors (Lipinski definition) is 3. The lowest BCUT2D eigenvalue weighted by molar-refractivity contribution is 0.308. The summed E-state index contributed by atoms with van der Waals surface area (Å²) in [6.45, 7) is 1.63. The molecule has 25 heavy (non-hydrogen) atoms. The zero-order chi connectivity index (χ0) is 17.4. The Morgan fingerprint density at radius 3 is 2.80 bits per heavy atom. The van der Waals surface area contributed by atoms with Gasteiger partial charge in [-0.2, -0.15) is 0 Å². The number of aryl methyl sites for hydroxylation is 1. The van der Waals surface area contributed by atoms with Crippen LogP contribution in [0.2, 0.25) is 0 Å². The average Bonchev–Trinajstić information content (AvgIpc) is 2.59. The summed E-state index contributed by atoms with van der Waals surface area (Å²) in [5.74, 6) is -0.274. The van der Waals surface area contributed by atoms with Gasteiger partial charge in [0.05, 0.1) is 11.3 Å². The number of aromatic nitrogens is 2. The van der Waals surface area contributed by atoms with Gasteiger partial charge >= 0.3 is 0 Å². The molecule has 0 spiro atoms. The van der Waals surface area contributed by atoms with Gasteiger partial charge in [-0.05, 0) is 68.2 Å². The summed E-state index contributed by atoms with van der Waals surface area (Å²) in [5.41, 5.74) is 3.94. The number of nitrogens with zero attached hydrogens (tertiary/aromatic N) is 3. The molecule has 0 fully saturated rings. The van der Waals surface area contributed by atoms with Crippen LogP contribution < -0.4 is 5.56 Å². The Kier molecular flexibility index (Phi) is 4.09. The van der Waals surface area contributed by atoms with E-state index in [-0.39, 0.29) is 11.4 Å². The van der Waals surface area contributed by atoms with Crippen LogP contribution in [-0.2, 0) is 13.0 Å². The number of benzene rings is 1. The van der Waals surface area contributed by atoms with Crippen LogP contribution in [-0.4, -0.2) is 27.9 Å². The quantitative estimate of drug-likeness (QED) is 0.684. The van der Waals surface area contributed by atoms with Crippen LogP contribution in [0.4, 0.5) is 4.39 Å². The molecule has 0 saturated heterocycles. The Balaban J connectivity index is 1.87. The molecule has 1 aromatic carbocycles. The number of halogens is 1. The summed E-state index contributed by atoms with van der Waals surface area (Å²) in [4.78, 5) is 19.9. The topological polar surface area (TPSA) is 37.6 Å². The lowest BCUT2D eigenvalue weighted by Gasteiger charge is -2.21. The molecule has 0 amide bonds. The van der Waals surface area contributed by atoms with Crippen molar-refractivity contribution in [3.63, 3.8) is 0 Å². The minimum absolute atomic E-state index is 0.000424. The Bertz CT molecular complexity index is 996. The number of rotatable bonds is 1. The Labute approximate surface area is 145 Å². The molecule has 0 aliphatic carbocycles. The molecule has 0 radical (unpaired) electrons. The fourth-order valence-electron chi connectivity index (χ4n) is 3.46. The molecule has 5 heteroatoms. The fourth-order valence-corrected chi connectivity index (χ4v) is 3.46. The van der Waals surface area contributed by atoms with Crippen LogP contribution in [0.5, 0.6) is 0 Å². The smallest absolute Gasteiger partial charge is 0.262 e. The summed E-state index contributed by atoms with van der Waals surface area (Å²) < 4.78 is 15.1. The zero-order valence-electron chi connectivity index (χ0n) is 14.2. The average molecular weight is 337 g/mol. The second-order valence-corrected chi connectivity index (χ2v) is 6.69. The van der Waals surface area contributed by atoms with E-state index in [4.69, 9.17) is 4.98 Å². The van der Waals surface area contributed by atoms with Crippen LogP contribution in [0, 0.1) is 5.82 Å². The van der Waals surface area contributed by atoms with Gasteiger partial charge in [0.15, 0.2) is 0 Å². The van der Waals surface area contributed by atoms with E-state index in [0.717, 1.165) is 48.2 Å². The van der Waals surface area contributed by atoms with E-state index < -0.39 is 0 Å². The van der Waals surface area contributed by atoms with E-state index in [2.05, 4.69) is 4.90 Å². The summed E-state index contributed by atoms with van der Waals surface area (Å²) in [6, 6.07) is 10.2. The SMILES string of the molecule is CN1CCCCc2nc3cc(-c4cccc(F)c4)ccn3c(=O)c2C1. The second kappa shape index (κ2) is 6.41. The van der Waals surface area contributed by atoms with E-state index in [0.29, 0.717) is 12.2 Å². The predicted octanol–water partition coefficient (Wildman–Crippen LogP) is 3.27. The summed E-state index contributed by atoms with van der Waals surface area (Å²) in [5, 5.41) is 0. The highest BCUT2D eigenvalue weighted by atomic mass is 19.1. The van der Waals surface area contributed by atoms with E-state index in [1.54, 1.807) is 16.7 Å². The first kappa shape index (κ1) is 16.0. The van der Waals surface area contributed by atoms with Crippen molar-refractivity contribution in [2.24, 2.45) is 0 Å². The fraction of sp³-hybridized carbons (Fsp3) is 0.300. The minimum atomic E-state index is -0.274. The van der Waals surface area contributed by atoms with Crippen LogP contribution in [0.25, 0.3) is 16.8 Å². The van der Waals surface area contributed by atoms with Crippen LogP contribution >= 0.6 is 0 Å². The Morgan fingerprint density at radius 1 is 1.12 bits per heavy atom. The lowest BCUT2D eigenvalue weighted by atomic mass is 10.0. The molecule has 0 unspecified atom stereocenters. The third-order valence-electron chi connectivity index (χ3n) is 4.80. The third-order valence-corrected chi connectivity index (χ3v) is 4.80. The molecule has 0 atom stereocenters. The van der Waals surface area contributed by atoms with Crippen molar-refractivity contribution < 1.29 is 4.39 Å². The van der Waals surface area contributed by atoms with Gasteiger partial charge in [0.25, 0.3) is 5.56 Å². The van der Waals surface area contributed by atoms with Gasteiger partial charge in [0, 0.05) is 12.7 Å². The molecule has 0 bridgehead atoms. The van der Waals surface area contributed by atoms with Crippen LogP contribution in [0.1, 0.15) is 24.1 Å². The van der Waals surface area contributed by atoms with Crippen LogP contribution in [0.15, 0.2) is 47.4 Å². The number of pyridine rings is 1. The largest absolute Gasteiger partial charge is 0.302 e. The van der Waals surface area contributed by atoms with E-state index in [1.807, 2.05) is 25.2 Å². The number of fused-ring (bicyclic) bond motifs is 2. The summed E-state index contributed by atoms with van der Waals surface area (Å²) in [7, 11) is 2.04. The second-order valence-electron chi connectivity index (χ2n) is 6.69. The molecule has 0 saturated carbocycles. The molecular formula is C20H20FN3O. The van der Waals surface area contributed by atoms with Crippen molar-refractivity contribution in [2.45, 2.75) is 25.8 Å². The van der Waals surface area contributed by atoms with Crippen molar-refractivity contribution in [3.8, 4) is 11.1 Å². The molecule has 1 aliphatic rings. The van der Waals surface area contributed by atoms with Crippen molar-refractivity contribution in [2.75, 3.05) is 13.6 Å². The molecule has 0 N–H and O–H groups in total. The van der Waals surface area contributed by atoms with Gasteiger partial charge < -0.3 is 4.90 Å². The van der Waals surface area contributed by atoms with Gasteiger partial charge in [-0.25, -0.2) is 9.37 Å². The molecular weight excluding hydrogens is 317 g/mol. The Morgan fingerprint density at radius 2 is 1.96 bits per heavy atom. The standard InChI is InChI=1S/C20H20FN3O/c1-23-9-3-2-7-18-17(13-23)20(25)24-10-8-15(12-19(24)22-18)14-5-4-6-16(21)11-14/h4-6,8,10-12H,2-3,7,9,13H2,1H3. The van der Waals surface area contributed by atoms with Crippen molar-refractivity contribution in [1.82, 2.24) is 14.3 Å². The van der Waals surface area contributed by atoms with Crippen molar-refractivity contribution >= 4 is 5.65 Å². The molecule has 128 valence electrons. The summed E-state index contributed by atoms with van der Waals surface area (Å²) >= 11 is 0. The van der Waals surface area contributed by atoms with Gasteiger partial charge in [-0.15, -0.1) is 0 Å². The van der Waals surface area contributed by atoms with E-state index in [9.17, 15) is 9.18 Å². The lowest BCUT2D eigenvalue weighted by Crippen LogP contribution is -2.30.